The van der Waals surface area contributed by atoms with Crippen molar-refractivity contribution in [2.24, 2.45) is 11.8 Å². The van der Waals surface area contributed by atoms with Crippen LogP contribution in [-0.2, 0) is 24.9 Å². The fourth-order valence-electron chi connectivity index (χ4n) is 2.91. The Labute approximate surface area is 206 Å². The van der Waals surface area contributed by atoms with Crippen molar-refractivity contribution in [3.63, 3.8) is 0 Å². The summed E-state index contributed by atoms with van der Waals surface area (Å²) in [6.45, 7) is 9.41. The number of hydrogen-bond donors (Lipinski definition) is 1. The van der Waals surface area contributed by atoms with Crippen molar-refractivity contribution in [3.05, 3.63) is 66.5 Å². The molecule has 0 spiro atoms. The molecule has 0 aliphatic carbocycles. The molecule has 4 aromatic rings. The number of carbonyl (C=O) groups excluding carboxylic acids is 1. The molecule has 0 fully saturated rings. The van der Waals surface area contributed by atoms with Gasteiger partial charge in [0.25, 0.3) is 0 Å². The molecule has 1 N–H and O–H groups in total. The minimum absolute atomic E-state index is 0. The number of hydrogen-bond acceptors (Lipinski definition) is 6. The van der Waals surface area contributed by atoms with Crippen LogP contribution in [0.25, 0.3) is 31.6 Å². The van der Waals surface area contributed by atoms with Gasteiger partial charge >= 0.3 is 0 Å². The number of pyridine rings is 3. The van der Waals surface area contributed by atoms with Gasteiger partial charge in [0.2, 0.25) is 0 Å². The molecule has 0 aromatic carbocycles. The average molecular weight is 626 g/mol. The van der Waals surface area contributed by atoms with Gasteiger partial charge < -0.3 is 5.11 Å². The monoisotopic (exact) mass is 626 g/mol. The second-order valence-electron chi connectivity index (χ2n) is 7.97. The largest absolute Gasteiger partial charge is 0.512 e. The first kappa shape index (κ1) is 25.8. The first-order valence-electron chi connectivity index (χ1n) is 10.3. The maximum absolute atomic E-state index is 11.0. The van der Waals surface area contributed by atoms with Crippen LogP contribution in [0.1, 0.15) is 33.3 Å². The van der Waals surface area contributed by atoms with Crippen LogP contribution in [-0.4, -0.2) is 25.8 Å². The van der Waals surface area contributed by atoms with Crippen LogP contribution in [0.2, 0.25) is 0 Å². The van der Waals surface area contributed by atoms with Gasteiger partial charge in [0.1, 0.15) is 5.69 Å². The van der Waals surface area contributed by atoms with Crippen molar-refractivity contribution < 1.29 is 30.0 Å². The maximum atomic E-state index is 11.0. The summed E-state index contributed by atoms with van der Waals surface area (Å²) in [5.41, 5.74) is 3.06. The van der Waals surface area contributed by atoms with Crippen molar-refractivity contribution in [1.82, 2.24) is 15.0 Å². The Balaban J connectivity index is 0.000000263. The minimum Gasteiger partial charge on any atom is -0.512 e. The summed E-state index contributed by atoms with van der Waals surface area (Å²) in [5, 5.41) is 11.6. The van der Waals surface area contributed by atoms with Crippen molar-refractivity contribution >= 4 is 37.3 Å². The molecule has 4 aromatic heterocycles. The molecule has 5 nitrogen and oxygen atoms in total. The summed E-state index contributed by atoms with van der Waals surface area (Å²) in [6.07, 6.45) is 8.81. The van der Waals surface area contributed by atoms with Crippen molar-refractivity contribution in [2.75, 3.05) is 0 Å². The Hall–Kier alpha value is -2.47. The summed E-state index contributed by atoms with van der Waals surface area (Å²) in [7, 11) is 0. The SMILES string of the molecule is CC(C)C(=O)/C=C(\O)C(C)C.Cc1cncc2c1sc1c(-c3ccccn3)nccc12.[Ir]. The topological polar surface area (TPSA) is 76.0 Å². The number of fused-ring (bicyclic) bond motifs is 3. The van der Waals surface area contributed by atoms with Crippen LogP contribution in [0, 0.1) is 18.8 Å². The summed E-state index contributed by atoms with van der Waals surface area (Å²) >= 11 is 1.77. The molecule has 0 amide bonds. The van der Waals surface area contributed by atoms with E-state index in [1.54, 1.807) is 17.5 Å². The number of allylic oxidation sites excluding steroid dienone is 2. The Kier molecular flexibility index (Phi) is 9.20. The van der Waals surface area contributed by atoms with Gasteiger partial charge in [0.15, 0.2) is 5.78 Å². The first-order valence-corrected chi connectivity index (χ1v) is 11.1. The summed E-state index contributed by atoms with van der Waals surface area (Å²) < 4.78 is 2.46. The van der Waals surface area contributed by atoms with Crippen LogP contribution >= 0.6 is 11.3 Å². The number of aliphatic hydroxyl groups excluding tert-OH is 1. The van der Waals surface area contributed by atoms with Gasteiger partial charge in [-0.1, -0.05) is 33.8 Å². The van der Waals surface area contributed by atoms with Gasteiger partial charge in [-0.25, -0.2) is 0 Å². The molecule has 0 aliphatic rings. The predicted octanol–water partition coefficient (Wildman–Crippen LogP) is 6.52. The van der Waals surface area contributed by atoms with E-state index in [0.29, 0.717) is 0 Å². The number of aliphatic hydroxyl groups is 1. The van der Waals surface area contributed by atoms with Crippen molar-refractivity contribution in [1.29, 1.82) is 0 Å². The van der Waals surface area contributed by atoms with E-state index in [1.165, 1.54) is 31.8 Å². The first-order chi connectivity index (χ1) is 14.8. The normalized spacial score (nSPS) is 11.4. The van der Waals surface area contributed by atoms with Crippen LogP contribution in [0.15, 0.2) is 60.9 Å². The van der Waals surface area contributed by atoms with Gasteiger partial charge in [0, 0.05) is 78.3 Å². The molecular weight excluding hydrogens is 599 g/mol. The fraction of sp³-hybridized carbons (Fsp3) is 0.280. The van der Waals surface area contributed by atoms with Crippen LogP contribution in [0.3, 0.4) is 0 Å². The molecular formula is C25H27IrN3O2S. The van der Waals surface area contributed by atoms with E-state index < -0.39 is 0 Å². The van der Waals surface area contributed by atoms with Gasteiger partial charge in [-0.15, -0.1) is 11.3 Å². The van der Waals surface area contributed by atoms with Crippen LogP contribution < -0.4 is 0 Å². The van der Waals surface area contributed by atoms with E-state index in [2.05, 4.69) is 27.9 Å². The molecule has 1 radical (unpaired) electrons. The number of rotatable bonds is 4. The average Bonchev–Trinajstić information content (AvgIpc) is 3.15. The molecule has 0 atom stereocenters. The molecule has 0 saturated heterocycles. The van der Waals surface area contributed by atoms with Crippen molar-refractivity contribution in [2.45, 2.75) is 34.6 Å². The number of nitrogens with zero attached hydrogens (tertiary/aromatic N) is 3. The Morgan fingerprint density at radius 1 is 0.969 bits per heavy atom. The molecule has 4 heterocycles. The number of carbonyl (C=O) groups is 1. The van der Waals surface area contributed by atoms with Gasteiger partial charge in [-0.2, -0.15) is 0 Å². The molecule has 0 aliphatic heterocycles. The quantitative estimate of drug-likeness (QED) is 0.206. The zero-order chi connectivity index (χ0) is 22.5. The second kappa shape index (κ2) is 11.4. The summed E-state index contributed by atoms with van der Waals surface area (Å²) in [6, 6.07) is 7.96. The standard InChI is InChI=1S/C16H11N3S.C9H16O2.Ir/c1-10-8-17-9-12-11-5-7-19-14(16(11)20-15(10)12)13-4-2-3-6-18-13;1-6(2)8(10)5-9(11)7(3)4;/h2-9H,1H3;5-7,10H,1-4H3;/b;8-5-;. The number of aryl methyl sites for hydroxylation is 1. The van der Waals surface area contributed by atoms with Crippen LogP contribution in [0.5, 0.6) is 0 Å². The van der Waals surface area contributed by atoms with E-state index in [9.17, 15) is 9.90 Å². The molecule has 0 bridgehead atoms. The second-order valence-corrected chi connectivity index (χ2v) is 8.99. The minimum atomic E-state index is -0.0316. The van der Waals surface area contributed by atoms with E-state index in [1.807, 2.05) is 64.5 Å². The summed E-state index contributed by atoms with van der Waals surface area (Å²) in [5.74, 6) is 0.161. The molecule has 4 rings (SSSR count). The molecule has 0 saturated carbocycles. The van der Waals surface area contributed by atoms with E-state index in [0.717, 1.165) is 11.4 Å². The number of aromatic nitrogens is 3. The smallest absolute Gasteiger partial charge is 0.161 e. The Morgan fingerprint density at radius 2 is 1.72 bits per heavy atom. The van der Waals surface area contributed by atoms with Gasteiger partial charge in [-0.3, -0.25) is 19.7 Å². The Bertz CT molecular complexity index is 1230. The molecule has 169 valence electrons. The third-order valence-corrected chi connectivity index (χ3v) is 6.20. The predicted molar refractivity (Wildman–Crippen MR) is 128 cm³/mol. The van der Waals surface area contributed by atoms with Gasteiger partial charge in [0.05, 0.1) is 16.2 Å². The zero-order valence-electron chi connectivity index (χ0n) is 18.8. The molecule has 7 heteroatoms. The van der Waals surface area contributed by atoms with E-state index >= 15 is 0 Å². The van der Waals surface area contributed by atoms with Crippen LogP contribution in [0.4, 0.5) is 0 Å². The Morgan fingerprint density at radius 3 is 2.34 bits per heavy atom. The fourth-order valence-corrected chi connectivity index (χ4v) is 4.14. The number of thiophene rings is 1. The molecule has 0 unspecified atom stereocenters. The van der Waals surface area contributed by atoms with E-state index in [-0.39, 0.29) is 43.5 Å². The maximum Gasteiger partial charge on any atom is 0.161 e. The number of ketones is 1. The molecule has 32 heavy (non-hydrogen) atoms. The van der Waals surface area contributed by atoms with Gasteiger partial charge in [-0.05, 0) is 30.7 Å². The zero-order valence-corrected chi connectivity index (χ0v) is 22.0. The third-order valence-electron chi connectivity index (χ3n) is 4.83. The third kappa shape index (κ3) is 5.85. The van der Waals surface area contributed by atoms with E-state index in [4.69, 9.17) is 0 Å². The van der Waals surface area contributed by atoms with Crippen molar-refractivity contribution in [3.8, 4) is 11.4 Å². The summed E-state index contributed by atoms with van der Waals surface area (Å²) in [4.78, 5) is 24.3.